The number of hydrogen-bond acceptors (Lipinski definition) is 3. The molecular weight excluding hydrogens is 260 g/mol. The van der Waals surface area contributed by atoms with E-state index >= 15 is 0 Å². The molecule has 1 atom stereocenters. The summed E-state index contributed by atoms with van der Waals surface area (Å²) in [5.41, 5.74) is -0.396. The van der Waals surface area contributed by atoms with E-state index in [1.54, 1.807) is 0 Å². The molecule has 1 aliphatic heterocycles. The minimum absolute atomic E-state index is 0.290. The standard InChI is InChI=1S/C14H26N2O4/c1-4-20-10-6-8-15-13(19)16-9-5-7-14(2,3)11(16)12(17)18/h11H,4-10H2,1-3H3,(H,15,19)(H,17,18). The molecule has 0 radical (unpaired) electrons. The highest BCUT2D eigenvalue weighted by Gasteiger charge is 2.44. The molecule has 0 spiro atoms. The first-order valence-electron chi connectivity index (χ1n) is 7.25. The number of piperidine rings is 1. The third-order valence-corrected chi connectivity index (χ3v) is 3.71. The highest BCUT2D eigenvalue weighted by Crippen LogP contribution is 2.35. The average Bonchev–Trinajstić information content (AvgIpc) is 2.36. The Bertz CT molecular complexity index is 344. The zero-order chi connectivity index (χ0) is 15.2. The Morgan fingerprint density at radius 2 is 2.15 bits per heavy atom. The van der Waals surface area contributed by atoms with Gasteiger partial charge in [0.1, 0.15) is 6.04 Å². The molecule has 0 bridgehead atoms. The van der Waals surface area contributed by atoms with Crippen LogP contribution in [0.15, 0.2) is 0 Å². The van der Waals surface area contributed by atoms with Crippen LogP contribution in [-0.2, 0) is 9.53 Å². The van der Waals surface area contributed by atoms with Crippen LogP contribution in [-0.4, -0.2) is 54.4 Å². The molecule has 0 aliphatic carbocycles. The summed E-state index contributed by atoms with van der Waals surface area (Å²) in [6.45, 7) is 7.99. The highest BCUT2D eigenvalue weighted by atomic mass is 16.5. The number of carbonyl (C=O) groups excluding carboxylic acids is 1. The second-order valence-electron chi connectivity index (χ2n) is 5.81. The first-order chi connectivity index (χ1) is 9.40. The van der Waals surface area contributed by atoms with E-state index in [1.165, 1.54) is 4.90 Å². The summed E-state index contributed by atoms with van der Waals surface area (Å²) in [5.74, 6) is -0.931. The van der Waals surface area contributed by atoms with E-state index in [1.807, 2.05) is 20.8 Å². The maximum atomic E-state index is 12.1. The van der Waals surface area contributed by atoms with Crippen molar-refractivity contribution in [3.63, 3.8) is 0 Å². The Balaban J connectivity index is 2.54. The largest absolute Gasteiger partial charge is 0.480 e. The van der Waals surface area contributed by atoms with Crippen LogP contribution in [0.5, 0.6) is 0 Å². The van der Waals surface area contributed by atoms with E-state index in [2.05, 4.69) is 5.32 Å². The highest BCUT2D eigenvalue weighted by molar-refractivity contribution is 5.83. The number of urea groups is 1. The maximum Gasteiger partial charge on any atom is 0.327 e. The number of hydrogen-bond donors (Lipinski definition) is 2. The first-order valence-corrected chi connectivity index (χ1v) is 7.25. The van der Waals surface area contributed by atoms with E-state index in [0.717, 1.165) is 19.3 Å². The molecule has 2 N–H and O–H groups in total. The Hall–Kier alpha value is -1.30. The van der Waals surface area contributed by atoms with Gasteiger partial charge in [-0.15, -0.1) is 0 Å². The molecule has 0 aromatic carbocycles. The minimum Gasteiger partial charge on any atom is -0.480 e. The molecule has 1 fully saturated rings. The normalized spacial score (nSPS) is 21.6. The number of carboxylic acid groups (broad SMARTS) is 1. The second kappa shape index (κ2) is 7.47. The number of nitrogens with one attached hydrogen (secondary N) is 1. The molecule has 1 rings (SSSR count). The van der Waals surface area contributed by atoms with Gasteiger partial charge in [-0.1, -0.05) is 13.8 Å². The number of nitrogens with zero attached hydrogens (tertiary/aromatic N) is 1. The molecule has 1 aliphatic rings. The second-order valence-corrected chi connectivity index (χ2v) is 5.81. The SMILES string of the molecule is CCOCCCNC(=O)N1CCCC(C)(C)C1C(=O)O. The van der Waals surface area contributed by atoms with Gasteiger partial charge in [0, 0.05) is 26.3 Å². The topological polar surface area (TPSA) is 78.9 Å². The Morgan fingerprint density at radius 1 is 1.45 bits per heavy atom. The molecule has 1 saturated heterocycles. The van der Waals surface area contributed by atoms with Gasteiger partial charge in [-0.3, -0.25) is 0 Å². The molecule has 116 valence electrons. The molecule has 2 amide bonds. The molecule has 1 unspecified atom stereocenters. The van der Waals surface area contributed by atoms with Gasteiger partial charge < -0.3 is 20.1 Å². The number of carbonyl (C=O) groups is 2. The summed E-state index contributed by atoms with van der Waals surface area (Å²) in [5, 5.41) is 12.2. The van der Waals surface area contributed by atoms with Crippen molar-refractivity contribution in [3.05, 3.63) is 0 Å². The van der Waals surface area contributed by atoms with Crippen molar-refractivity contribution in [1.29, 1.82) is 0 Å². The maximum absolute atomic E-state index is 12.1. The summed E-state index contributed by atoms with van der Waals surface area (Å²) in [6.07, 6.45) is 2.38. The lowest BCUT2D eigenvalue weighted by molar-refractivity contribution is -0.148. The van der Waals surface area contributed by atoms with Gasteiger partial charge in [0.2, 0.25) is 0 Å². The smallest absolute Gasteiger partial charge is 0.327 e. The van der Waals surface area contributed by atoms with Crippen LogP contribution in [0.25, 0.3) is 0 Å². The summed E-state index contributed by atoms with van der Waals surface area (Å²) in [6, 6.07) is -1.05. The summed E-state index contributed by atoms with van der Waals surface area (Å²) in [7, 11) is 0. The van der Waals surface area contributed by atoms with Gasteiger partial charge in [-0.05, 0) is 31.6 Å². The summed E-state index contributed by atoms with van der Waals surface area (Å²) >= 11 is 0. The Labute approximate surface area is 120 Å². The number of rotatable bonds is 6. The average molecular weight is 286 g/mol. The van der Waals surface area contributed by atoms with E-state index in [4.69, 9.17) is 4.74 Å². The number of likely N-dealkylation sites (tertiary alicyclic amines) is 1. The van der Waals surface area contributed by atoms with Crippen LogP contribution < -0.4 is 5.32 Å². The molecule has 6 nitrogen and oxygen atoms in total. The van der Waals surface area contributed by atoms with Crippen molar-refractivity contribution in [2.75, 3.05) is 26.3 Å². The van der Waals surface area contributed by atoms with E-state index in [-0.39, 0.29) is 6.03 Å². The predicted octanol–water partition coefficient (Wildman–Crippen LogP) is 1.70. The van der Waals surface area contributed by atoms with Crippen LogP contribution in [0.3, 0.4) is 0 Å². The van der Waals surface area contributed by atoms with E-state index in [0.29, 0.717) is 26.3 Å². The molecule has 6 heteroatoms. The van der Waals surface area contributed by atoms with Gasteiger partial charge in [-0.25, -0.2) is 9.59 Å². The van der Waals surface area contributed by atoms with E-state index < -0.39 is 17.4 Å². The number of aliphatic carboxylic acids is 1. The lowest BCUT2D eigenvalue weighted by Gasteiger charge is -2.43. The molecule has 0 saturated carbocycles. The summed E-state index contributed by atoms with van der Waals surface area (Å²) in [4.78, 5) is 25.1. The molecular formula is C14H26N2O4. The number of ether oxygens (including phenoxy) is 1. The lowest BCUT2D eigenvalue weighted by atomic mass is 9.76. The van der Waals surface area contributed by atoms with Gasteiger partial charge in [0.25, 0.3) is 0 Å². The van der Waals surface area contributed by atoms with Crippen LogP contribution >= 0.6 is 0 Å². The third-order valence-electron chi connectivity index (χ3n) is 3.71. The quantitative estimate of drug-likeness (QED) is 0.728. The predicted molar refractivity (Wildman–Crippen MR) is 75.7 cm³/mol. The van der Waals surface area contributed by atoms with E-state index in [9.17, 15) is 14.7 Å². The van der Waals surface area contributed by atoms with Crippen molar-refractivity contribution in [1.82, 2.24) is 10.2 Å². The minimum atomic E-state index is -0.931. The van der Waals surface area contributed by atoms with Gasteiger partial charge in [-0.2, -0.15) is 0 Å². The molecule has 0 aromatic rings. The van der Waals surface area contributed by atoms with Crippen LogP contribution in [0.2, 0.25) is 0 Å². The summed E-state index contributed by atoms with van der Waals surface area (Å²) < 4.78 is 5.19. The van der Waals surface area contributed by atoms with Crippen molar-refractivity contribution >= 4 is 12.0 Å². The van der Waals surface area contributed by atoms with Crippen molar-refractivity contribution in [2.24, 2.45) is 5.41 Å². The monoisotopic (exact) mass is 286 g/mol. The van der Waals surface area contributed by atoms with Gasteiger partial charge in [0.15, 0.2) is 0 Å². The third kappa shape index (κ3) is 4.37. The zero-order valence-electron chi connectivity index (χ0n) is 12.6. The number of amides is 2. The van der Waals surface area contributed by atoms with Crippen LogP contribution in [0.4, 0.5) is 4.79 Å². The van der Waals surface area contributed by atoms with Crippen molar-refractivity contribution < 1.29 is 19.4 Å². The van der Waals surface area contributed by atoms with Crippen LogP contribution in [0, 0.1) is 5.41 Å². The van der Waals surface area contributed by atoms with Gasteiger partial charge in [0.05, 0.1) is 0 Å². The lowest BCUT2D eigenvalue weighted by Crippen LogP contribution is -2.58. The Kier molecular flexibility index (Phi) is 6.26. The Morgan fingerprint density at radius 3 is 2.75 bits per heavy atom. The molecule has 1 heterocycles. The molecule has 20 heavy (non-hydrogen) atoms. The first kappa shape index (κ1) is 16.8. The number of carboxylic acids is 1. The van der Waals surface area contributed by atoms with Gasteiger partial charge >= 0.3 is 12.0 Å². The zero-order valence-corrected chi connectivity index (χ0v) is 12.6. The van der Waals surface area contributed by atoms with Crippen molar-refractivity contribution in [3.8, 4) is 0 Å². The molecule has 0 aromatic heterocycles. The fourth-order valence-electron chi connectivity index (χ4n) is 2.69. The fraction of sp³-hybridized carbons (Fsp3) is 0.857. The van der Waals surface area contributed by atoms with Crippen molar-refractivity contribution in [2.45, 2.75) is 46.1 Å². The van der Waals surface area contributed by atoms with Crippen LogP contribution in [0.1, 0.15) is 40.0 Å². The fourth-order valence-corrected chi connectivity index (χ4v) is 2.69.